The summed E-state index contributed by atoms with van der Waals surface area (Å²) in [7, 11) is 0. The summed E-state index contributed by atoms with van der Waals surface area (Å²) in [4.78, 5) is 5.01. The molecule has 98 valence electrons. The highest BCUT2D eigenvalue weighted by molar-refractivity contribution is 5.80. The van der Waals surface area contributed by atoms with Crippen LogP contribution in [0.15, 0.2) is 5.16 Å². The molecular formula is C12H24N4O. The topological polar surface area (TPSA) is 65.1 Å². The van der Waals surface area contributed by atoms with Gasteiger partial charge in [-0.25, -0.2) is 0 Å². The van der Waals surface area contributed by atoms with Crippen LogP contribution in [-0.4, -0.2) is 59.6 Å². The summed E-state index contributed by atoms with van der Waals surface area (Å²) in [5, 5.41) is 11.6. The first-order valence-electron chi connectivity index (χ1n) is 6.62. The Balaban J connectivity index is 1.69. The van der Waals surface area contributed by atoms with Gasteiger partial charge in [-0.2, -0.15) is 0 Å². The van der Waals surface area contributed by atoms with Crippen molar-refractivity contribution in [2.45, 2.75) is 32.2 Å². The van der Waals surface area contributed by atoms with Gasteiger partial charge in [0, 0.05) is 45.2 Å². The molecule has 0 spiro atoms. The summed E-state index contributed by atoms with van der Waals surface area (Å²) in [6.07, 6.45) is 3.51. The van der Waals surface area contributed by atoms with Gasteiger partial charge in [0.25, 0.3) is 0 Å². The summed E-state index contributed by atoms with van der Waals surface area (Å²) in [6.45, 7) is 7.98. The number of nitrogens with two attached hydrogens (primary N) is 1. The standard InChI is InChI=1S/C12H24N4O/c1-10(8-12(13)14-17)16-6-4-15(5-7-16)9-11-2-3-11/h10-11,17H,2-9H2,1H3,(H2,13,14). The van der Waals surface area contributed by atoms with E-state index in [0.717, 1.165) is 32.1 Å². The van der Waals surface area contributed by atoms with Crippen LogP contribution in [-0.2, 0) is 0 Å². The van der Waals surface area contributed by atoms with E-state index in [-0.39, 0.29) is 0 Å². The summed E-state index contributed by atoms with van der Waals surface area (Å²) in [5.74, 6) is 1.31. The van der Waals surface area contributed by atoms with E-state index < -0.39 is 0 Å². The third-order valence-corrected chi connectivity index (χ3v) is 3.88. The predicted molar refractivity (Wildman–Crippen MR) is 68.2 cm³/mol. The quantitative estimate of drug-likeness (QED) is 0.318. The predicted octanol–water partition coefficient (Wildman–Crippen LogP) is 0.539. The molecule has 1 heterocycles. The number of amidine groups is 1. The zero-order valence-corrected chi connectivity index (χ0v) is 10.7. The number of hydrogen-bond donors (Lipinski definition) is 2. The lowest BCUT2D eigenvalue weighted by Crippen LogP contribution is -2.50. The monoisotopic (exact) mass is 240 g/mol. The Morgan fingerprint density at radius 1 is 1.35 bits per heavy atom. The molecule has 1 aliphatic heterocycles. The summed E-state index contributed by atoms with van der Waals surface area (Å²) in [6, 6.07) is 0.369. The van der Waals surface area contributed by atoms with E-state index in [4.69, 9.17) is 10.9 Å². The van der Waals surface area contributed by atoms with Crippen LogP contribution in [0.25, 0.3) is 0 Å². The molecule has 0 bridgehead atoms. The Labute approximate surface area is 103 Å². The average molecular weight is 240 g/mol. The fraction of sp³-hybridized carbons (Fsp3) is 0.917. The van der Waals surface area contributed by atoms with Crippen molar-refractivity contribution in [1.82, 2.24) is 9.80 Å². The molecule has 2 rings (SSSR count). The Kier molecular flexibility index (Phi) is 4.23. The SMILES string of the molecule is CC(CC(N)=NO)N1CCN(CC2CC2)CC1. The van der Waals surface area contributed by atoms with Crippen molar-refractivity contribution in [3.05, 3.63) is 0 Å². The van der Waals surface area contributed by atoms with E-state index in [0.29, 0.717) is 18.3 Å². The first-order valence-corrected chi connectivity index (χ1v) is 6.62. The minimum absolute atomic E-state index is 0.331. The van der Waals surface area contributed by atoms with E-state index in [1.54, 1.807) is 0 Å². The maximum absolute atomic E-state index is 8.57. The van der Waals surface area contributed by atoms with E-state index in [1.807, 2.05) is 0 Å². The van der Waals surface area contributed by atoms with Crippen LogP contribution >= 0.6 is 0 Å². The van der Waals surface area contributed by atoms with E-state index in [1.165, 1.54) is 19.4 Å². The first kappa shape index (κ1) is 12.6. The second-order valence-corrected chi connectivity index (χ2v) is 5.42. The summed E-state index contributed by atoms with van der Waals surface area (Å²) >= 11 is 0. The van der Waals surface area contributed by atoms with Gasteiger partial charge in [0.05, 0.1) is 0 Å². The maximum Gasteiger partial charge on any atom is 0.140 e. The number of rotatable bonds is 5. The van der Waals surface area contributed by atoms with Crippen molar-refractivity contribution >= 4 is 5.84 Å². The molecule has 5 heteroatoms. The van der Waals surface area contributed by atoms with Crippen LogP contribution in [0.1, 0.15) is 26.2 Å². The van der Waals surface area contributed by atoms with E-state index >= 15 is 0 Å². The molecule has 0 radical (unpaired) electrons. The molecule has 3 N–H and O–H groups in total. The van der Waals surface area contributed by atoms with Crippen LogP contribution < -0.4 is 5.73 Å². The first-order chi connectivity index (χ1) is 8.19. The van der Waals surface area contributed by atoms with Crippen LogP contribution in [0, 0.1) is 5.92 Å². The summed E-state index contributed by atoms with van der Waals surface area (Å²) in [5.41, 5.74) is 5.54. The fourth-order valence-corrected chi connectivity index (χ4v) is 2.52. The normalized spacial score (nSPS) is 26.1. The molecule has 0 aromatic rings. The molecule has 2 aliphatic rings. The van der Waals surface area contributed by atoms with E-state index in [2.05, 4.69) is 21.9 Å². The van der Waals surface area contributed by atoms with Crippen LogP contribution in [0.4, 0.5) is 0 Å². The van der Waals surface area contributed by atoms with Gasteiger partial charge < -0.3 is 15.8 Å². The Morgan fingerprint density at radius 2 is 2.00 bits per heavy atom. The van der Waals surface area contributed by atoms with Crippen molar-refractivity contribution in [1.29, 1.82) is 0 Å². The van der Waals surface area contributed by atoms with Gasteiger partial charge in [0.2, 0.25) is 0 Å². The molecule has 1 unspecified atom stereocenters. The molecular weight excluding hydrogens is 216 g/mol. The second kappa shape index (κ2) is 5.69. The molecule has 2 fully saturated rings. The van der Waals surface area contributed by atoms with Crippen molar-refractivity contribution in [2.24, 2.45) is 16.8 Å². The largest absolute Gasteiger partial charge is 0.409 e. The number of nitrogens with zero attached hydrogens (tertiary/aromatic N) is 3. The Morgan fingerprint density at radius 3 is 2.53 bits per heavy atom. The minimum atomic E-state index is 0.331. The average Bonchev–Trinajstić information content (AvgIpc) is 3.13. The highest BCUT2D eigenvalue weighted by Gasteiger charge is 2.27. The van der Waals surface area contributed by atoms with E-state index in [9.17, 15) is 0 Å². The third-order valence-electron chi connectivity index (χ3n) is 3.88. The van der Waals surface area contributed by atoms with Gasteiger partial charge in [-0.1, -0.05) is 5.16 Å². The number of piperazine rings is 1. The van der Waals surface area contributed by atoms with Gasteiger partial charge >= 0.3 is 0 Å². The van der Waals surface area contributed by atoms with Gasteiger partial charge in [-0.05, 0) is 25.7 Å². The molecule has 1 atom stereocenters. The van der Waals surface area contributed by atoms with Crippen molar-refractivity contribution in [2.75, 3.05) is 32.7 Å². The van der Waals surface area contributed by atoms with Gasteiger partial charge in [-0.15, -0.1) is 0 Å². The zero-order chi connectivity index (χ0) is 12.3. The Hall–Kier alpha value is -0.810. The molecule has 1 aliphatic carbocycles. The van der Waals surface area contributed by atoms with Crippen molar-refractivity contribution in [3.8, 4) is 0 Å². The highest BCUT2D eigenvalue weighted by Crippen LogP contribution is 2.30. The van der Waals surface area contributed by atoms with Crippen LogP contribution in [0.3, 0.4) is 0 Å². The van der Waals surface area contributed by atoms with Gasteiger partial charge in [0.1, 0.15) is 5.84 Å². The molecule has 1 saturated carbocycles. The summed E-state index contributed by atoms with van der Waals surface area (Å²) < 4.78 is 0. The van der Waals surface area contributed by atoms with Crippen molar-refractivity contribution in [3.63, 3.8) is 0 Å². The van der Waals surface area contributed by atoms with Gasteiger partial charge in [0.15, 0.2) is 0 Å². The minimum Gasteiger partial charge on any atom is -0.409 e. The molecule has 0 amide bonds. The van der Waals surface area contributed by atoms with Crippen molar-refractivity contribution < 1.29 is 5.21 Å². The van der Waals surface area contributed by atoms with Crippen LogP contribution in [0.5, 0.6) is 0 Å². The highest BCUT2D eigenvalue weighted by atomic mass is 16.4. The lowest BCUT2D eigenvalue weighted by Gasteiger charge is -2.38. The van der Waals surface area contributed by atoms with Crippen LogP contribution in [0.2, 0.25) is 0 Å². The number of hydrogen-bond acceptors (Lipinski definition) is 4. The molecule has 1 saturated heterocycles. The molecule has 0 aromatic heterocycles. The van der Waals surface area contributed by atoms with Gasteiger partial charge in [-0.3, -0.25) is 4.90 Å². The lowest BCUT2D eigenvalue weighted by molar-refractivity contribution is 0.101. The molecule has 5 nitrogen and oxygen atoms in total. The maximum atomic E-state index is 8.57. The molecule has 0 aromatic carbocycles. The lowest BCUT2D eigenvalue weighted by atomic mass is 10.1. The molecule has 17 heavy (non-hydrogen) atoms. The fourth-order valence-electron chi connectivity index (χ4n) is 2.52. The number of oxime groups is 1. The second-order valence-electron chi connectivity index (χ2n) is 5.42. The Bertz CT molecular complexity index is 270. The zero-order valence-electron chi connectivity index (χ0n) is 10.7. The smallest absolute Gasteiger partial charge is 0.140 e. The third kappa shape index (κ3) is 3.85.